The molecule has 2 N–H and O–H groups in total. The molecule has 0 saturated carbocycles. The number of aromatic nitrogens is 4. The van der Waals surface area contributed by atoms with E-state index in [9.17, 15) is 38.9 Å². The van der Waals surface area contributed by atoms with E-state index in [0.29, 0.717) is 0 Å². The molecule has 20 nitrogen and oxygen atoms in total. The lowest BCUT2D eigenvalue weighted by Crippen LogP contribution is -2.67. The lowest BCUT2D eigenvalue weighted by molar-refractivity contribution is -0.391. The topological polar surface area (TPSA) is 259 Å². The molecule has 1 fully saturated rings. The number of carbonyl (C=O) groups is 6. The zero-order valence-corrected chi connectivity index (χ0v) is 26.1. The molecule has 2 aromatic heterocycles. The summed E-state index contributed by atoms with van der Waals surface area (Å²) in [6.45, 7) is 3.89. The van der Waals surface area contributed by atoms with Crippen LogP contribution in [0.1, 0.15) is 47.0 Å². The van der Waals surface area contributed by atoms with Crippen LogP contribution in [0.25, 0.3) is 10.8 Å². The van der Waals surface area contributed by atoms with Crippen LogP contribution in [0.3, 0.4) is 0 Å². The number of hydrogen-bond donors (Lipinski definition) is 2. The summed E-state index contributed by atoms with van der Waals surface area (Å²) >= 11 is 0.936. The second kappa shape index (κ2) is 15.8. The molecule has 1 aliphatic rings. The van der Waals surface area contributed by atoms with E-state index in [0.717, 1.165) is 45.2 Å². The van der Waals surface area contributed by atoms with E-state index in [1.807, 2.05) is 0 Å². The lowest BCUT2D eigenvalue weighted by Gasteiger charge is -2.44. The van der Waals surface area contributed by atoms with Crippen LogP contribution in [-0.2, 0) is 59.5 Å². The first kappa shape index (κ1) is 35.4. The predicted molar refractivity (Wildman–Crippen MR) is 151 cm³/mol. The molecule has 1 saturated heterocycles. The number of ether oxygens (including phenoxy) is 5. The fourth-order valence-corrected chi connectivity index (χ4v) is 5.09. The normalized spacial score (nSPS) is 20.6. The van der Waals surface area contributed by atoms with E-state index >= 15 is 0 Å². The van der Waals surface area contributed by atoms with E-state index in [-0.39, 0.29) is 41.0 Å². The van der Waals surface area contributed by atoms with Crippen LogP contribution in [0.2, 0.25) is 0 Å². The fraction of sp³-hybridized carbons (Fsp3) is 0.560. The van der Waals surface area contributed by atoms with Crippen LogP contribution < -0.4 is 10.6 Å². The standard InChI is InChI=1S/C25H31N7O13S/c1-11(33)41-10-15-20(42-12(2)34)21(43-13(3)35)19(24(45-15)44-14(4)36)27-16(37)7-6-8-17(38)28-25-30-29-23(46-25)22-26-9-18(31(22)5)32(39)40/h9,15,19-21,24H,6-8,10H2,1-5H3,(H,27,37)(H,28,30,38)/t15-,19-,20-,21-,24-/m1/s1. The molecule has 0 aromatic carbocycles. The van der Waals surface area contributed by atoms with Gasteiger partial charge in [0, 0.05) is 40.5 Å². The van der Waals surface area contributed by atoms with Gasteiger partial charge in [-0.15, -0.1) is 10.2 Å². The van der Waals surface area contributed by atoms with Gasteiger partial charge in [-0.2, -0.15) is 0 Å². The molecular weight excluding hydrogens is 638 g/mol. The molecule has 0 bridgehead atoms. The second-order valence-corrected chi connectivity index (χ2v) is 10.7. The highest BCUT2D eigenvalue weighted by Gasteiger charge is 2.52. The van der Waals surface area contributed by atoms with E-state index in [2.05, 4.69) is 25.8 Å². The molecule has 0 radical (unpaired) electrons. The summed E-state index contributed by atoms with van der Waals surface area (Å²) in [5.74, 6) is -4.38. The summed E-state index contributed by atoms with van der Waals surface area (Å²) < 4.78 is 27.8. The molecule has 2 aromatic rings. The molecule has 3 rings (SSSR count). The van der Waals surface area contributed by atoms with Gasteiger partial charge in [-0.3, -0.25) is 28.8 Å². The highest BCUT2D eigenvalue weighted by molar-refractivity contribution is 7.18. The number of amides is 2. The van der Waals surface area contributed by atoms with E-state index < -0.39 is 77.9 Å². The maximum Gasteiger partial charge on any atom is 0.342 e. The Bertz CT molecular complexity index is 1490. The van der Waals surface area contributed by atoms with Gasteiger partial charge < -0.3 is 44.4 Å². The van der Waals surface area contributed by atoms with Gasteiger partial charge in [0.1, 0.15) is 24.9 Å². The molecular formula is C25H31N7O13S. The van der Waals surface area contributed by atoms with Crippen molar-refractivity contribution in [3.63, 3.8) is 0 Å². The largest absolute Gasteiger partial charge is 0.463 e. The van der Waals surface area contributed by atoms with Gasteiger partial charge in [0.25, 0.3) is 5.82 Å². The SMILES string of the molecule is CC(=O)OC[C@H]1O[C@@H](OC(C)=O)[C@H](NC(=O)CCCC(=O)Nc2nnc(-c3ncc([N+](=O)[O-])n3C)s2)[C@@H](OC(C)=O)[C@@H]1OC(C)=O. The first-order chi connectivity index (χ1) is 21.7. The van der Waals surface area contributed by atoms with Crippen LogP contribution in [0.4, 0.5) is 10.9 Å². The first-order valence-corrected chi connectivity index (χ1v) is 14.4. The molecule has 5 atom stereocenters. The molecule has 0 spiro atoms. The molecule has 46 heavy (non-hydrogen) atoms. The maximum absolute atomic E-state index is 12.9. The van der Waals surface area contributed by atoms with Gasteiger partial charge in [0.15, 0.2) is 12.2 Å². The van der Waals surface area contributed by atoms with Gasteiger partial charge in [0.05, 0.1) is 7.05 Å². The van der Waals surface area contributed by atoms with Crippen molar-refractivity contribution in [3.8, 4) is 10.8 Å². The summed E-state index contributed by atoms with van der Waals surface area (Å²) in [5.41, 5.74) is 0. The summed E-state index contributed by atoms with van der Waals surface area (Å²) in [6.07, 6.45) is -4.87. The summed E-state index contributed by atoms with van der Waals surface area (Å²) in [5, 5.41) is 24.2. The maximum atomic E-state index is 12.9. The average Bonchev–Trinajstić information content (AvgIpc) is 3.56. The highest BCUT2D eigenvalue weighted by atomic mass is 32.1. The van der Waals surface area contributed by atoms with Gasteiger partial charge >= 0.3 is 29.7 Å². The Morgan fingerprint density at radius 1 is 0.957 bits per heavy atom. The molecule has 1 aliphatic heterocycles. The number of esters is 4. The summed E-state index contributed by atoms with van der Waals surface area (Å²) in [4.78, 5) is 87.0. The van der Waals surface area contributed by atoms with Crippen LogP contribution in [0, 0.1) is 10.1 Å². The zero-order chi connectivity index (χ0) is 34.1. The van der Waals surface area contributed by atoms with Crippen molar-refractivity contribution in [1.29, 1.82) is 0 Å². The van der Waals surface area contributed by atoms with Crippen molar-refractivity contribution in [1.82, 2.24) is 25.1 Å². The first-order valence-electron chi connectivity index (χ1n) is 13.6. The summed E-state index contributed by atoms with van der Waals surface area (Å²) in [6, 6.07) is -1.37. The fourth-order valence-electron chi connectivity index (χ4n) is 4.30. The number of nitro groups is 1. The monoisotopic (exact) mass is 669 g/mol. The minimum atomic E-state index is -1.55. The third kappa shape index (κ3) is 9.72. The molecule has 3 heterocycles. The molecule has 0 aliphatic carbocycles. The predicted octanol–water partition coefficient (Wildman–Crippen LogP) is 0.155. The van der Waals surface area contributed by atoms with Gasteiger partial charge in [-0.05, 0) is 11.3 Å². The second-order valence-electron chi connectivity index (χ2n) is 9.77. The number of carbonyl (C=O) groups excluding carboxylic acids is 6. The smallest absolute Gasteiger partial charge is 0.342 e. The Kier molecular flexibility index (Phi) is 12.2. The molecule has 21 heteroatoms. The summed E-state index contributed by atoms with van der Waals surface area (Å²) in [7, 11) is 1.44. The van der Waals surface area contributed by atoms with E-state index in [1.54, 1.807) is 0 Å². The number of imidazole rings is 1. The molecule has 0 unspecified atom stereocenters. The van der Waals surface area contributed by atoms with Gasteiger partial charge in [-0.25, -0.2) is 9.55 Å². The van der Waals surface area contributed by atoms with Crippen molar-refractivity contribution in [3.05, 3.63) is 16.3 Å². The number of nitrogens with one attached hydrogen (secondary N) is 2. The van der Waals surface area contributed by atoms with Crippen molar-refractivity contribution in [2.24, 2.45) is 7.05 Å². The Hall–Kier alpha value is -5.05. The van der Waals surface area contributed by atoms with Crippen molar-refractivity contribution < 1.29 is 57.4 Å². The molecule has 250 valence electrons. The van der Waals surface area contributed by atoms with Crippen LogP contribution in [0.15, 0.2) is 6.20 Å². The van der Waals surface area contributed by atoms with Crippen LogP contribution in [0.5, 0.6) is 0 Å². The Balaban J connectivity index is 1.65. The van der Waals surface area contributed by atoms with Crippen molar-refractivity contribution in [2.45, 2.75) is 77.6 Å². The minimum Gasteiger partial charge on any atom is -0.463 e. The van der Waals surface area contributed by atoms with Crippen LogP contribution in [-0.4, -0.2) is 97.6 Å². The van der Waals surface area contributed by atoms with E-state index in [1.165, 1.54) is 11.6 Å². The van der Waals surface area contributed by atoms with E-state index in [4.69, 9.17) is 23.7 Å². The third-order valence-electron chi connectivity index (χ3n) is 6.13. The average molecular weight is 670 g/mol. The van der Waals surface area contributed by atoms with Gasteiger partial charge in [-0.1, -0.05) is 11.3 Å². The number of anilines is 1. The minimum absolute atomic E-state index is 0.0291. The number of rotatable bonds is 13. The Morgan fingerprint density at radius 2 is 1.59 bits per heavy atom. The van der Waals surface area contributed by atoms with Crippen molar-refractivity contribution >= 4 is 58.0 Å². The molecule has 2 amide bonds. The lowest BCUT2D eigenvalue weighted by atomic mass is 9.95. The Labute approximate surface area is 264 Å². The number of nitrogens with zero attached hydrogens (tertiary/aromatic N) is 5. The van der Waals surface area contributed by atoms with Crippen molar-refractivity contribution in [2.75, 3.05) is 11.9 Å². The third-order valence-corrected chi connectivity index (χ3v) is 6.97. The van der Waals surface area contributed by atoms with Crippen LogP contribution >= 0.6 is 11.3 Å². The quantitative estimate of drug-likeness (QED) is 0.124. The highest BCUT2D eigenvalue weighted by Crippen LogP contribution is 2.29. The number of hydrogen-bond acceptors (Lipinski definition) is 17. The Morgan fingerprint density at radius 3 is 2.17 bits per heavy atom. The van der Waals surface area contributed by atoms with Gasteiger partial charge in [0.2, 0.25) is 28.2 Å². The zero-order valence-electron chi connectivity index (χ0n) is 25.2.